The predicted octanol–water partition coefficient (Wildman–Crippen LogP) is 4.78. The summed E-state index contributed by atoms with van der Waals surface area (Å²) >= 11 is 0. The molecular formula is C38H43N7O3. The molecule has 10 heteroatoms. The molecule has 0 aliphatic carbocycles. The third-order valence-corrected chi connectivity index (χ3v) is 10.9. The fourth-order valence-corrected chi connectivity index (χ4v) is 8.13. The van der Waals surface area contributed by atoms with Crippen LogP contribution in [0.1, 0.15) is 57.5 Å². The van der Waals surface area contributed by atoms with E-state index < -0.39 is 0 Å². The molecule has 7 rings (SSSR count). The van der Waals surface area contributed by atoms with E-state index in [1.165, 1.54) is 0 Å². The zero-order valence-corrected chi connectivity index (χ0v) is 27.6. The van der Waals surface area contributed by atoms with Crippen molar-refractivity contribution < 1.29 is 14.4 Å². The number of nitriles is 1. The number of aldehydes is 2. The Balaban J connectivity index is 0.812. The average molecular weight is 646 g/mol. The molecule has 1 aromatic heterocycles. The third kappa shape index (κ3) is 6.52. The van der Waals surface area contributed by atoms with Gasteiger partial charge < -0.3 is 24.9 Å². The molecule has 4 aliphatic heterocycles. The standard InChI is InChI=1S/C38H43N7O3/c1-27-16-33(4-2-30(27)18-39)43-14-10-29(11-15-43)37(48)41-36-7-6-35(19-40-36)44-12-8-28(9-13-44)20-42-23-38(24-42)25-45(26-38)34-5-3-31(21-46)32(17-34)22-47/h2-7,16-17,19,21-22,28-29H,8-15,20,23-26H2,1H3,(H,40,41,48). The number of pyridine rings is 1. The predicted molar refractivity (Wildman–Crippen MR) is 187 cm³/mol. The van der Waals surface area contributed by atoms with Gasteiger partial charge in [-0.05, 0) is 92.6 Å². The van der Waals surface area contributed by atoms with Crippen LogP contribution in [0.15, 0.2) is 54.7 Å². The van der Waals surface area contributed by atoms with Crippen molar-refractivity contribution >= 4 is 41.4 Å². The van der Waals surface area contributed by atoms with Gasteiger partial charge in [0.15, 0.2) is 12.6 Å². The van der Waals surface area contributed by atoms with Crippen molar-refractivity contribution in [2.24, 2.45) is 17.3 Å². The van der Waals surface area contributed by atoms with E-state index in [1.54, 1.807) is 6.07 Å². The minimum Gasteiger partial charge on any atom is -0.371 e. The molecule has 1 amide bonds. The van der Waals surface area contributed by atoms with Crippen molar-refractivity contribution in [3.05, 3.63) is 77.0 Å². The van der Waals surface area contributed by atoms with Crippen LogP contribution in [0.4, 0.5) is 22.9 Å². The van der Waals surface area contributed by atoms with Gasteiger partial charge in [0.1, 0.15) is 5.82 Å². The van der Waals surface area contributed by atoms with E-state index in [9.17, 15) is 19.6 Å². The summed E-state index contributed by atoms with van der Waals surface area (Å²) in [5.41, 5.74) is 6.19. The van der Waals surface area contributed by atoms with Gasteiger partial charge in [0.05, 0.1) is 23.5 Å². The molecule has 3 aromatic rings. The number of carbonyl (C=O) groups is 3. The van der Waals surface area contributed by atoms with E-state index in [0.717, 1.165) is 120 Å². The minimum atomic E-state index is -0.0380. The van der Waals surface area contributed by atoms with Crippen LogP contribution in [0.3, 0.4) is 0 Å². The van der Waals surface area contributed by atoms with Gasteiger partial charge in [-0.2, -0.15) is 5.26 Å². The maximum Gasteiger partial charge on any atom is 0.228 e. The van der Waals surface area contributed by atoms with Crippen LogP contribution in [0, 0.1) is 35.5 Å². The van der Waals surface area contributed by atoms with Crippen LogP contribution in [-0.4, -0.2) is 87.3 Å². The highest BCUT2D eigenvalue weighted by Gasteiger charge is 2.51. The topological polar surface area (TPSA) is 113 Å². The van der Waals surface area contributed by atoms with Crippen molar-refractivity contribution in [3.8, 4) is 6.07 Å². The highest BCUT2D eigenvalue weighted by Crippen LogP contribution is 2.43. The van der Waals surface area contributed by atoms with Crippen LogP contribution >= 0.6 is 0 Å². The number of aromatic nitrogens is 1. The van der Waals surface area contributed by atoms with E-state index >= 15 is 0 Å². The molecule has 0 saturated carbocycles. The second-order valence-corrected chi connectivity index (χ2v) is 14.3. The normalized spacial score (nSPS) is 19.7. The van der Waals surface area contributed by atoms with Crippen LogP contribution in [0.2, 0.25) is 0 Å². The number of nitrogens with zero attached hydrogens (tertiary/aromatic N) is 6. The Kier molecular flexibility index (Phi) is 8.88. The fraction of sp³-hybridized carbons (Fsp3) is 0.447. The Morgan fingerprint density at radius 1 is 0.854 bits per heavy atom. The summed E-state index contributed by atoms with van der Waals surface area (Å²) in [6.45, 7) is 11.0. The minimum absolute atomic E-state index is 0.0365. The lowest BCUT2D eigenvalue weighted by molar-refractivity contribution is -0.120. The SMILES string of the molecule is Cc1cc(N2CCC(C(=O)Nc3ccc(N4CCC(CN5CC6(C5)CN(c5ccc(C=O)c(C=O)c5)C6)CC4)cn3)CC2)ccc1C#N. The first-order valence-corrected chi connectivity index (χ1v) is 17.1. The number of anilines is 4. The van der Waals surface area contributed by atoms with Gasteiger partial charge in [-0.3, -0.25) is 14.4 Å². The molecule has 248 valence electrons. The molecular weight excluding hydrogens is 602 g/mol. The molecule has 1 spiro atoms. The maximum atomic E-state index is 13.0. The third-order valence-electron chi connectivity index (χ3n) is 10.9. The summed E-state index contributed by atoms with van der Waals surface area (Å²) in [4.78, 5) is 49.7. The Labute approximate surface area is 282 Å². The molecule has 1 N–H and O–H groups in total. The van der Waals surface area contributed by atoms with Crippen LogP contribution in [-0.2, 0) is 4.79 Å². The van der Waals surface area contributed by atoms with E-state index in [4.69, 9.17) is 0 Å². The van der Waals surface area contributed by atoms with Crippen LogP contribution < -0.4 is 20.0 Å². The van der Waals surface area contributed by atoms with E-state index in [-0.39, 0.29) is 11.8 Å². The zero-order valence-electron chi connectivity index (χ0n) is 27.6. The van der Waals surface area contributed by atoms with E-state index in [1.807, 2.05) is 43.5 Å². The van der Waals surface area contributed by atoms with Crippen molar-refractivity contribution in [1.29, 1.82) is 5.26 Å². The van der Waals surface area contributed by atoms with Crippen molar-refractivity contribution in [2.45, 2.75) is 32.6 Å². The van der Waals surface area contributed by atoms with Crippen molar-refractivity contribution in [3.63, 3.8) is 0 Å². The first-order chi connectivity index (χ1) is 23.3. The van der Waals surface area contributed by atoms with Gasteiger partial charge in [0, 0.05) is 92.7 Å². The molecule has 0 radical (unpaired) electrons. The summed E-state index contributed by atoms with van der Waals surface area (Å²) in [5, 5.41) is 12.2. The Morgan fingerprint density at radius 3 is 2.15 bits per heavy atom. The molecule has 5 heterocycles. The summed E-state index contributed by atoms with van der Waals surface area (Å²) in [6.07, 6.45) is 7.28. The quantitative estimate of drug-likeness (QED) is 0.329. The summed E-state index contributed by atoms with van der Waals surface area (Å²) in [5.74, 6) is 1.30. The van der Waals surface area contributed by atoms with Crippen molar-refractivity contribution in [2.75, 3.05) is 78.9 Å². The summed E-state index contributed by atoms with van der Waals surface area (Å²) in [6, 6.07) is 17.7. The van der Waals surface area contributed by atoms with Crippen LogP contribution in [0.5, 0.6) is 0 Å². The lowest BCUT2D eigenvalue weighted by Gasteiger charge is -2.61. The lowest BCUT2D eigenvalue weighted by Crippen LogP contribution is -2.72. The molecule has 2 aromatic carbocycles. The number of carbonyl (C=O) groups excluding carboxylic acids is 3. The molecule has 4 fully saturated rings. The van der Waals surface area contributed by atoms with E-state index in [0.29, 0.717) is 33.8 Å². The number of hydrogen-bond acceptors (Lipinski definition) is 9. The molecule has 10 nitrogen and oxygen atoms in total. The molecule has 4 aliphatic rings. The zero-order chi connectivity index (χ0) is 33.3. The highest BCUT2D eigenvalue weighted by atomic mass is 16.2. The molecule has 4 saturated heterocycles. The number of piperidine rings is 2. The number of aryl methyl sites for hydroxylation is 1. The first-order valence-electron chi connectivity index (χ1n) is 17.1. The number of likely N-dealkylation sites (tertiary alicyclic amines) is 1. The molecule has 0 bridgehead atoms. The highest BCUT2D eigenvalue weighted by molar-refractivity contribution is 5.92. The van der Waals surface area contributed by atoms with Crippen molar-refractivity contribution in [1.82, 2.24) is 9.88 Å². The van der Waals surface area contributed by atoms with E-state index in [2.05, 4.69) is 48.1 Å². The first kappa shape index (κ1) is 31.8. The molecule has 0 unspecified atom stereocenters. The largest absolute Gasteiger partial charge is 0.371 e. The smallest absolute Gasteiger partial charge is 0.228 e. The Hall–Kier alpha value is -4.75. The summed E-state index contributed by atoms with van der Waals surface area (Å²) < 4.78 is 0. The number of nitrogens with one attached hydrogen (secondary N) is 1. The number of benzene rings is 2. The van der Waals surface area contributed by atoms with Gasteiger partial charge in [0.2, 0.25) is 5.91 Å². The number of amides is 1. The van der Waals surface area contributed by atoms with Crippen LogP contribution in [0.25, 0.3) is 0 Å². The maximum absolute atomic E-state index is 13.0. The second-order valence-electron chi connectivity index (χ2n) is 14.3. The lowest BCUT2D eigenvalue weighted by atomic mass is 9.72. The molecule has 48 heavy (non-hydrogen) atoms. The fourth-order valence-electron chi connectivity index (χ4n) is 8.13. The average Bonchev–Trinajstić information content (AvgIpc) is 3.09. The van der Waals surface area contributed by atoms with Gasteiger partial charge in [-0.25, -0.2) is 4.98 Å². The number of hydrogen-bond donors (Lipinski definition) is 1. The van der Waals surface area contributed by atoms with Gasteiger partial charge >= 0.3 is 0 Å². The number of rotatable bonds is 9. The van der Waals surface area contributed by atoms with Gasteiger partial charge in [-0.1, -0.05) is 0 Å². The Bertz CT molecular complexity index is 1700. The monoisotopic (exact) mass is 645 g/mol. The second kappa shape index (κ2) is 13.4. The summed E-state index contributed by atoms with van der Waals surface area (Å²) in [7, 11) is 0. The molecule has 0 atom stereocenters. The van der Waals surface area contributed by atoms with Gasteiger partial charge in [0.25, 0.3) is 0 Å². The Morgan fingerprint density at radius 2 is 1.50 bits per heavy atom. The van der Waals surface area contributed by atoms with Gasteiger partial charge in [-0.15, -0.1) is 0 Å².